The monoisotopic (exact) mass is 210 g/mol. The van der Waals surface area contributed by atoms with E-state index in [1.54, 1.807) is 18.6 Å². The van der Waals surface area contributed by atoms with Gasteiger partial charge in [-0.1, -0.05) is 12.2 Å². The molecule has 2 aromatic rings. The lowest BCUT2D eigenvalue weighted by molar-refractivity contribution is 1.31. The zero-order valence-electron chi connectivity index (χ0n) is 6.52. The van der Waals surface area contributed by atoms with Crippen LogP contribution in [0.4, 0.5) is 5.95 Å². The molecule has 0 saturated heterocycles. The Morgan fingerprint density at radius 2 is 2.54 bits per heavy atom. The second-order valence-corrected chi connectivity index (χ2v) is 3.37. The van der Waals surface area contributed by atoms with Crippen molar-refractivity contribution in [1.29, 1.82) is 0 Å². The number of nitrogens with zero attached hydrogens (tertiary/aromatic N) is 2. The van der Waals surface area contributed by atoms with Gasteiger partial charge in [-0.15, -0.1) is 0 Å². The average Bonchev–Trinajstić information content (AvgIpc) is 2.74. The first-order valence-electron chi connectivity index (χ1n) is 3.56. The Labute approximate surface area is 84.2 Å². The first-order valence-corrected chi connectivity index (χ1v) is 4.81. The molecule has 0 unspecified atom stereocenters. The van der Waals surface area contributed by atoms with E-state index in [2.05, 4.69) is 19.7 Å². The topological polar surface area (TPSA) is 53.6 Å². The maximum Gasteiger partial charge on any atom is 0.205 e. The third-order valence-electron chi connectivity index (χ3n) is 1.42. The van der Waals surface area contributed by atoms with E-state index in [4.69, 9.17) is 12.2 Å². The summed E-state index contributed by atoms with van der Waals surface area (Å²) in [6, 6.07) is 0. The van der Waals surface area contributed by atoms with Gasteiger partial charge in [-0.3, -0.25) is 0 Å². The zero-order chi connectivity index (χ0) is 9.10. The predicted molar refractivity (Wildman–Crippen MR) is 56.0 cm³/mol. The van der Waals surface area contributed by atoms with Crippen molar-refractivity contribution >= 4 is 34.7 Å². The van der Waals surface area contributed by atoms with E-state index in [9.17, 15) is 0 Å². The standard InChI is InChI=1S/C7H6N4S2/c12-6(5-3-10-13-4-5)11-7-8-1-2-9-7/h1-4H,(H2,8,9,11,12). The van der Waals surface area contributed by atoms with Gasteiger partial charge >= 0.3 is 0 Å². The second kappa shape index (κ2) is 3.63. The Hall–Kier alpha value is -1.27. The molecular formula is C7H6N4S2. The number of hydrogen-bond donors (Lipinski definition) is 2. The Morgan fingerprint density at radius 1 is 1.62 bits per heavy atom. The second-order valence-electron chi connectivity index (χ2n) is 2.31. The van der Waals surface area contributed by atoms with Crippen LogP contribution in [0.1, 0.15) is 5.56 Å². The molecule has 6 heteroatoms. The molecule has 0 aliphatic carbocycles. The Balaban J connectivity index is 2.08. The normalized spacial score (nSPS) is 9.85. The summed E-state index contributed by atoms with van der Waals surface area (Å²) >= 11 is 6.49. The Morgan fingerprint density at radius 3 is 3.15 bits per heavy atom. The zero-order valence-corrected chi connectivity index (χ0v) is 8.15. The molecule has 0 atom stereocenters. The van der Waals surface area contributed by atoms with Gasteiger partial charge in [0.25, 0.3) is 0 Å². The summed E-state index contributed by atoms with van der Waals surface area (Å²) < 4.78 is 3.96. The fraction of sp³-hybridized carbons (Fsp3) is 0. The maximum atomic E-state index is 5.12. The molecule has 0 amide bonds. The van der Waals surface area contributed by atoms with E-state index < -0.39 is 0 Å². The largest absolute Gasteiger partial charge is 0.331 e. The lowest BCUT2D eigenvalue weighted by Crippen LogP contribution is -2.10. The molecule has 66 valence electrons. The fourth-order valence-corrected chi connectivity index (χ4v) is 1.64. The number of H-pyrrole nitrogens is 1. The van der Waals surface area contributed by atoms with Gasteiger partial charge < -0.3 is 10.3 Å². The van der Waals surface area contributed by atoms with Crippen molar-refractivity contribution in [1.82, 2.24) is 14.3 Å². The van der Waals surface area contributed by atoms with Crippen LogP contribution in [0.5, 0.6) is 0 Å². The predicted octanol–water partition coefficient (Wildman–Crippen LogP) is 1.65. The number of thiocarbonyl (C=S) groups is 1. The first-order chi connectivity index (χ1) is 6.36. The van der Waals surface area contributed by atoms with Gasteiger partial charge in [0.05, 0.1) is 6.20 Å². The van der Waals surface area contributed by atoms with E-state index >= 15 is 0 Å². The summed E-state index contributed by atoms with van der Waals surface area (Å²) in [5, 5.41) is 4.84. The molecule has 2 heterocycles. The van der Waals surface area contributed by atoms with Gasteiger partial charge in [-0.2, -0.15) is 0 Å². The summed E-state index contributed by atoms with van der Waals surface area (Å²) in [5.74, 6) is 0.649. The van der Waals surface area contributed by atoms with E-state index in [0.29, 0.717) is 10.9 Å². The average molecular weight is 210 g/mol. The molecule has 4 nitrogen and oxygen atoms in total. The van der Waals surface area contributed by atoms with Gasteiger partial charge in [0.1, 0.15) is 4.99 Å². The van der Waals surface area contributed by atoms with Crippen molar-refractivity contribution in [3.63, 3.8) is 0 Å². The number of aromatic amines is 1. The number of hydrogen-bond acceptors (Lipinski definition) is 4. The molecule has 0 fully saturated rings. The lowest BCUT2D eigenvalue weighted by atomic mass is 10.4. The van der Waals surface area contributed by atoms with Crippen LogP contribution in [0.15, 0.2) is 24.0 Å². The highest BCUT2D eigenvalue weighted by atomic mass is 32.1. The molecule has 0 radical (unpaired) electrons. The summed E-state index contributed by atoms with van der Waals surface area (Å²) in [6.07, 6.45) is 5.12. The van der Waals surface area contributed by atoms with Crippen molar-refractivity contribution < 1.29 is 0 Å². The summed E-state index contributed by atoms with van der Waals surface area (Å²) in [7, 11) is 0. The molecule has 0 saturated carbocycles. The highest BCUT2D eigenvalue weighted by molar-refractivity contribution is 7.81. The van der Waals surface area contributed by atoms with Crippen LogP contribution in [0.3, 0.4) is 0 Å². The third kappa shape index (κ3) is 1.90. The number of anilines is 1. The minimum absolute atomic E-state index is 0.628. The third-order valence-corrected chi connectivity index (χ3v) is 2.35. The summed E-state index contributed by atoms with van der Waals surface area (Å²) in [4.78, 5) is 7.53. The van der Waals surface area contributed by atoms with Crippen molar-refractivity contribution in [3.8, 4) is 0 Å². The lowest BCUT2D eigenvalue weighted by Gasteiger charge is -2.00. The van der Waals surface area contributed by atoms with Crippen LogP contribution in [-0.2, 0) is 0 Å². The molecule has 0 bridgehead atoms. The van der Waals surface area contributed by atoms with Gasteiger partial charge in [-0.25, -0.2) is 9.36 Å². The van der Waals surface area contributed by atoms with Gasteiger partial charge in [-0.05, 0) is 11.5 Å². The Bertz CT molecular complexity index is 379. The van der Waals surface area contributed by atoms with Gasteiger partial charge in [0, 0.05) is 23.3 Å². The van der Waals surface area contributed by atoms with Crippen LogP contribution in [0, 0.1) is 0 Å². The SMILES string of the molecule is S=C(Nc1ncc[nH]1)c1cnsc1. The smallest absolute Gasteiger partial charge is 0.205 e. The molecule has 2 rings (SSSR count). The molecule has 2 N–H and O–H groups in total. The fourth-order valence-electron chi connectivity index (χ4n) is 0.830. The minimum Gasteiger partial charge on any atom is -0.331 e. The number of imidazole rings is 1. The van der Waals surface area contributed by atoms with Crippen LogP contribution >= 0.6 is 23.8 Å². The van der Waals surface area contributed by atoms with Crippen molar-refractivity contribution in [2.24, 2.45) is 0 Å². The molecular weight excluding hydrogens is 204 g/mol. The van der Waals surface area contributed by atoms with Crippen LogP contribution in [0.25, 0.3) is 0 Å². The highest BCUT2D eigenvalue weighted by Crippen LogP contribution is 2.06. The van der Waals surface area contributed by atoms with Crippen LogP contribution < -0.4 is 5.32 Å². The number of nitrogens with one attached hydrogen (secondary N) is 2. The quantitative estimate of drug-likeness (QED) is 0.740. The van der Waals surface area contributed by atoms with Crippen LogP contribution in [-0.4, -0.2) is 19.3 Å². The molecule has 13 heavy (non-hydrogen) atoms. The summed E-state index contributed by atoms with van der Waals surface area (Å²) in [5.41, 5.74) is 0.913. The first kappa shape index (κ1) is 8.33. The minimum atomic E-state index is 0.628. The van der Waals surface area contributed by atoms with Crippen molar-refractivity contribution in [2.75, 3.05) is 5.32 Å². The van der Waals surface area contributed by atoms with E-state index in [1.807, 2.05) is 5.38 Å². The molecule has 0 aromatic carbocycles. The molecule has 0 spiro atoms. The number of rotatable bonds is 2. The van der Waals surface area contributed by atoms with Crippen molar-refractivity contribution in [3.05, 3.63) is 29.5 Å². The number of aromatic nitrogens is 3. The maximum absolute atomic E-state index is 5.12. The molecule has 0 aliphatic heterocycles. The van der Waals surface area contributed by atoms with E-state index in [1.165, 1.54) is 11.5 Å². The van der Waals surface area contributed by atoms with Gasteiger partial charge in [0.2, 0.25) is 5.95 Å². The van der Waals surface area contributed by atoms with Crippen LogP contribution in [0.2, 0.25) is 0 Å². The molecule has 2 aromatic heterocycles. The van der Waals surface area contributed by atoms with Gasteiger partial charge in [0.15, 0.2) is 0 Å². The summed E-state index contributed by atoms with van der Waals surface area (Å²) in [6.45, 7) is 0. The van der Waals surface area contributed by atoms with Crippen molar-refractivity contribution in [2.45, 2.75) is 0 Å². The highest BCUT2D eigenvalue weighted by Gasteiger charge is 2.02. The van der Waals surface area contributed by atoms with E-state index in [-0.39, 0.29) is 0 Å². The molecule has 0 aliphatic rings. The Kier molecular flexibility index (Phi) is 2.33. The van der Waals surface area contributed by atoms with E-state index in [0.717, 1.165) is 5.56 Å².